The van der Waals surface area contributed by atoms with Crippen LogP contribution in [0.25, 0.3) is 6.08 Å². The molecule has 1 fully saturated rings. The lowest BCUT2D eigenvalue weighted by atomic mass is 10.2. The Bertz CT molecular complexity index is 911. The number of hydrogen-bond acceptors (Lipinski definition) is 5. The molecule has 0 aliphatic carbocycles. The summed E-state index contributed by atoms with van der Waals surface area (Å²) in [7, 11) is 1.65. The molecular formula is C18H12INO3S2. The minimum Gasteiger partial charge on any atom is -0.423 e. The fraction of sp³-hybridized carbons (Fsp3) is 0.0556. The molecule has 1 aliphatic heterocycles. The number of rotatable bonds is 3. The molecule has 0 radical (unpaired) electrons. The fourth-order valence-electron chi connectivity index (χ4n) is 2.15. The van der Waals surface area contributed by atoms with Crippen molar-refractivity contribution >= 4 is 68.8 Å². The monoisotopic (exact) mass is 481 g/mol. The highest BCUT2D eigenvalue weighted by molar-refractivity contribution is 14.1. The van der Waals surface area contributed by atoms with E-state index < -0.39 is 5.97 Å². The number of thiocarbonyl (C=S) groups is 1. The SMILES string of the molecule is CN1C(=O)/C(=C\c2cccc(OC(=O)c3ccccc3I)c2)SC1=S. The van der Waals surface area contributed by atoms with Crippen LogP contribution in [0.2, 0.25) is 0 Å². The molecule has 0 unspecified atom stereocenters. The minimum absolute atomic E-state index is 0.128. The molecule has 1 heterocycles. The van der Waals surface area contributed by atoms with E-state index in [0.29, 0.717) is 20.5 Å². The molecule has 1 amide bonds. The standard InChI is InChI=1S/C18H12INO3S2/c1-20-16(21)15(25-18(20)24)10-11-5-4-6-12(9-11)23-17(22)13-7-2-3-8-14(13)19/h2-10H,1H3/b15-10+. The third-order valence-corrected chi connectivity index (χ3v) is 5.87. The third-order valence-electron chi connectivity index (χ3n) is 3.45. The largest absolute Gasteiger partial charge is 0.423 e. The van der Waals surface area contributed by atoms with Gasteiger partial charge in [-0.2, -0.15) is 0 Å². The first-order valence-electron chi connectivity index (χ1n) is 7.24. The van der Waals surface area contributed by atoms with Gasteiger partial charge in [0.1, 0.15) is 10.1 Å². The van der Waals surface area contributed by atoms with Crippen LogP contribution in [0.1, 0.15) is 15.9 Å². The molecule has 0 spiro atoms. The Hall–Kier alpha value is -1.71. The van der Waals surface area contributed by atoms with Gasteiger partial charge in [-0.1, -0.05) is 48.2 Å². The van der Waals surface area contributed by atoms with Crippen LogP contribution in [0.5, 0.6) is 5.75 Å². The average Bonchev–Trinajstić information content (AvgIpc) is 2.82. The van der Waals surface area contributed by atoms with Gasteiger partial charge >= 0.3 is 5.97 Å². The predicted molar refractivity (Wildman–Crippen MR) is 111 cm³/mol. The van der Waals surface area contributed by atoms with Crippen molar-refractivity contribution in [2.75, 3.05) is 7.05 Å². The van der Waals surface area contributed by atoms with Gasteiger partial charge in [0.05, 0.1) is 10.5 Å². The highest BCUT2D eigenvalue weighted by Crippen LogP contribution is 2.31. The Kier molecular flexibility index (Phi) is 5.55. The van der Waals surface area contributed by atoms with E-state index in [0.717, 1.165) is 9.13 Å². The molecule has 1 aliphatic rings. The number of nitrogens with zero attached hydrogens (tertiary/aromatic N) is 1. The summed E-state index contributed by atoms with van der Waals surface area (Å²) in [6.07, 6.45) is 1.74. The van der Waals surface area contributed by atoms with Gasteiger partial charge in [0, 0.05) is 10.6 Å². The van der Waals surface area contributed by atoms with E-state index in [2.05, 4.69) is 22.6 Å². The lowest BCUT2D eigenvalue weighted by Crippen LogP contribution is -2.22. The first-order valence-corrected chi connectivity index (χ1v) is 9.54. The van der Waals surface area contributed by atoms with Crippen molar-refractivity contribution in [2.45, 2.75) is 0 Å². The second-order valence-electron chi connectivity index (χ2n) is 5.18. The summed E-state index contributed by atoms with van der Waals surface area (Å²) in [4.78, 5) is 26.4. The van der Waals surface area contributed by atoms with E-state index in [1.165, 1.54) is 16.7 Å². The first kappa shape index (κ1) is 18.1. The van der Waals surface area contributed by atoms with Crippen molar-refractivity contribution < 1.29 is 14.3 Å². The number of ether oxygens (including phenoxy) is 1. The van der Waals surface area contributed by atoms with Crippen LogP contribution in [0.3, 0.4) is 0 Å². The zero-order valence-electron chi connectivity index (χ0n) is 13.1. The van der Waals surface area contributed by atoms with Crippen LogP contribution in [-0.2, 0) is 4.79 Å². The number of likely N-dealkylation sites (N-methyl/N-ethyl adjacent to an activating group) is 1. The van der Waals surface area contributed by atoms with Crippen molar-refractivity contribution in [3.63, 3.8) is 0 Å². The number of thioether (sulfide) groups is 1. The van der Waals surface area contributed by atoms with E-state index in [1.54, 1.807) is 43.5 Å². The number of esters is 1. The Balaban J connectivity index is 1.81. The van der Waals surface area contributed by atoms with Crippen LogP contribution in [-0.4, -0.2) is 28.1 Å². The average molecular weight is 481 g/mol. The molecule has 126 valence electrons. The normalized spacial score (nSPS) is 15.8. The molecular weight excluding hydrogens is 469 g/mol. The topological polar surface area (TPSA) is 46.6 Å². The number of carbonyl (C=O) groups excluding carboxylic acids is 2. The van der Waals surface area contributed by atoms with E-state index in [1.807, 2.05) is 18.2 Å². The molecule has 3 rings (SSSR count). The van der Waals surface area contributed by atoms with Gasteiger partial charge in [0.15, 0.2) is 0 Å². The first-order chi connectivity index (χ1) is 12.0. The summed E-state index contributed by atoms with van der Waals surface area (Å²) in [6, 6.07) is 14.3. The number of carbonyl (C=O) groups is 2. The van der Waals surface area contributed by atoms with Gasteiger partial charge in [0.2, 0.25) is 0 Å². The predicted octanol–water partition coefficient (Wildman–Crippen LogP) is 4.34. The Morgan fingerprint density at radius 2 is 2.00 bits per heavy atom. The van der Waals surface area contributed by atoms with E-state index >= 15 is 0 Å². The number of hydrogen-bond donors (Lipinski definition) is 0. The lowest BCUT2D eigenvalue weighted by molar-refractivity contribution is -0.121. The fourth-order valence-corrected chi connectivity index (χ4v) is 3.94. The summed E-state index contributed by atoms with van der Waals surface area (Å²) in [5.74, 6) is -0.122. The van der Waals surface area contributed by atoms with Gasteiger partial charge in [0.25, 0.3) is 5.91 Å². The van der Waals surface area contributed by atoms with Crippen molar-refractivity contribution in [1.82, 2.24) is 4.90 Å². The maximum Gasteiger partial charge on any atom is 0.344 e. The molecule has 0 N–H and O–H groups in total. The zero-order valence-corrected chi connectivity index (χ0v) is 16.9. The lowest BCUT2D eigenvalue weighted by Gasteiger charge is -2.07. The summed E-state index contributed by atoms with van der Waals surface area (Å²) < 4.78 is 6.81. The van der Waals surface area contributed by atoms with Crippen molar-refractivity contribution in [3.8, 4) is 5.75 Å². The maximum absolute atomic E-state index is 12.3. The molecule has 4 nitrogen and oxygen atoms in total. The highest BCUT2D eigenvalue weighted by atomic mass is 127. The van der Waals surface area contributed by atoms with E-state index in [9.17, 15) is 9.59 Å². The van der Waals surface area contributed by atoms with Gasteiger partial charge in [-0.05, 0) is 58.5 Å². The number of benzene rings is 2. The summed E-state index contributed by atoms with van der Waals surface area (Å²) in [6.45, 7) is 0. The molecule has 0 atom stereocenters. The van der Waals surface area contributed by atoms with Crippen LogP contribution in [0.15, 0.2) is 53.4 Å². The van der Waals surface area contributed by atoms with Crippen molar-refractivity contribution in [3.05, 3.63) is 68.1 Å². The third kappa shape index (κ3) is 4.10. The van der Waals surface area contributed by atoms with Gasteiger partial charge in [-0.3, -0.25) is 9.69 Å². The van der Waals surface area contributed by atoms with Crippen molar-refractivity contribution in [2.24, 2.45) is 0 Å². The quantitative estimate of drug-likeness (QED) is 0.215. The number of amides is 1. The second kappa shape index (κ2) is 7.67. The zero-order chi connectivity index (χ0) is 18.0. The maximum atomic E-state index is 12.3. The molecule has 0 aromatic heterocycles. The van der Waals surface area contributed by atoms with E-state index in [4.69, 9.17) is 17.0 Å². The molecule has 0 saturated carbocycles. The molecule has 2 aromatic rings. The van der Waals surface area contributed by atoms with Gasteiger partial charge in [-0.25, -0.2) is 4.79 Å². The Morgan fingerprint density at radius 1 is 1.24 bits per heavy atom. The summed E-state index contributed by atoms with van der Waals surface area (Å²) in [5, 5.41) is 0. The second-order valence-corrected chi connectivity index (χ2v) is 8.02. The number of halogens is 1. The summed E-state index contributed by atoms with van der Waals surface area (Å²) >= 11 is 8.47. The van der Waals surface area contributed by atoms with Crippen LogP contribution >= 0.6 is 46.6 Å². The minimum atomic E-state index is -0.415. The smallest absolute Gasteiger partial charge is 0.344 e. The molecule has 25 heavy (non-hydrogen) atoms. The van der Waals surface area contributed by atoms with Gasteiger partial charge < -0.3 is 4.74 Å². The highest BCUT2D eigenvalue weighted by Gasteiger charge is 2.28. The molecule has 0 bridgehead atoms. The molecule has 7 heteroatoms. The Morgan fingerprint density at radius 3 is 2.68 bits per heavy atom. The molecule has 2 aromatic carbocycles. The molecule has 1 saturated heterocycles. The van der Waals surface area contributed by atoms with Crippen LogP contribution in [0, 0.1) is 3.57 Å². The Labute approximate surface area is 168 Å². The van der Waals surface area contributed by atoms with Crippen molar-refractivity contribution in [1.29, 1.82) is 0 Å². The van der Waals surface area contributed by atoms with Gasteiger partial charge in [-0.15, -0.1) is 0 Å². The van der Waals surface area contributed by atoms with Crippen LogP contribution in [0.4, 0.5) is 0 Å². The van der Waals surface area contributed by atoms with Crippen LogP contribution < -0.4 is 4.74 Å². The summed E-state index contributed by atoms with van der Waals surface area (Å²) in [5.41, 5.74) is 1.28. The van der Waals surface area contributed by atoms with E-state index in [-0.39, 0.29) is 5.91 Å².